The van der Waals surface area contributed by atoms with Crippen molar-refractivity contribution in [1.82, 2.24) is 21.3 Å². The van der Waals surface area contributed by atoms with Gasteiger partial charge < -0.3 is 42.9 Å². The molecule has 16 heteroatoms. The quantitative estimate of drug-likeness (QED) is 0.0952. The summed E-state index contributed by atoms with van der Waals surface area (Å²) in [6.45, 7) is 3.55. The summed E-state index contributed by atoms with van der Waals surface area (Å²) in [6.07, 6.45) is 3.72. The maximum absolute atomic E-state index is 13.6. The molecule has 0 radical (unpaired) electrons. The minimum atomic E-state index is -1.65. The Morgan fingerprint density at radius 1 is 0.796 bits per heavy atom. The van der Waals surface area contributed by atoms with Crippen molar-refractivity contribution in [2.45, 2.75) is 115 Å². The second kappa shape index (κ2) is 20.3. The van der Waals surface area contributed by atoms with E-state index >= 15 is 0 Å². The van der Waals surface area contributed by atoms with Gasteiger partial charge in [-0.05, 0) is 48.8 Å². The molecule has 1 aliphatic rings. The molecule has 0 unspecified atom stereocenters. The highest BCUT2D eigenvalue weighted by Crippen LogP contribution is 2.27. The molecule has 272 valence electrons. The van der Waals surface area contributed by atoms with Crippen LogP contribution in [0.1, 0.15) is 83.6 Å². The zero-order valence-corrected chi connectivity index (χ0v) is 28.7. The van der Waals surface area contributed by atoms with E-state index < -0.39 is 78.1 Å². The summed E-state index contributed by atoms with van der Waals surface area (Å²) < 4.78 is 0. The monoisotopic (exact) mass is 708 g/mol. The molecule has 10 N–H and O–H groups in total. The number of rotatable bonds is 20. The van der Waals surface area contributed by atoms with E-state index in [1.807, 2.05) is 0 Å². The molecule has 5 amide bonds. The van der Waals surface area contributed by atoms with Crippen LogP contribution in [0.2, 0.25) is 5.02 Å². The zero-order chi connectivity index (χ0) is 36.7. The molecular formula is C33H49ClN6O9. The molecule has 1 aromatic rings. The summed E-state index contributed by atoms with van der Waals surface area (Å²) >= 11 is 5.91. The lowest BCUT2D eigenvalue weighted by molar-refractivity contribution is -0.143. The van der Waals surface area contributed by atoms with Gasteiger partial charge in [0.25, 0.3) is 0 Å². The normalized spacial score (nSPS) is 16.3. The van der Waals surface area contributed by atoms with Crippen LogP contribution in [0.5, 0.6) is 0 Å². The molecule has 1 fully saturated rings. The van der Waals surface area contributed by atoms with Gasteiger partial charge in [0.1, 0.15) is 24.2 Å². The summed E-state index contributed by atoms with van der Waals surface area (Å²) in [7, 11) is 0. The number of hydrogen-bond donors (Lipinski definition) is 8. The summed E-state index contributed by atoms with van der Waals surface area (Å²) in [5.74, 6) is -6.78. The number of nitrogens with two attached hydrogens (primary N) is 2. The molecule has 2 rings (SSSR count). The van der Waals surface area contributed by atoms with Crippen LogP contribution < -0.4 is 32.7 Å². The lowest BCUT2D eigenvalue weighted by Crippen LogP contribution is -2.59. The number of hydrogen-bond acceptors (Lipinski definition) is 8. The highest BCUT2D eigenvalue weighted by Gasteiger charge is 2.34. The Morgan fingerprint density at radius 3 is 1.88 bits per heavy atom. The number of carboxylic acid groups (broad SMARTS) is 2. The third kappa shape index (κ3) is 15.2. The van der Waals surface area contributed by atoms with Crippen LogP contribution in [0.25, 0.3) is 0 Å². The van der Waals surface area contributed by atoms with Gasteiger partial charge in [-0.25, -0.2) is 4.79 Å². The second-order valence-corrected chi connectivity index (χ2v) is 13.4. The van der Waals surface area contributed by atoms with Gasteiger partial charge in [0.15, 0.2) is 0 Å². The molecular weight excluding hydrogens is 660 g/mol. The zero-order valence-electron chi connectivity index (χ0n) is 27.9. The van der Waals surface area contributed by atoms with Crippen LogP contribution >= 0.6 is 11.6 Å². The molecule has 49 heavy (non-hydrogen) atoms. The van der Waals surface area contributed by atoms with Crippen LogP contribution in [0.4, 0.5) is 0 Å². The van der Waals surface area contributed by atoms with Gasteiger partial charge >= 0.3 is 11.9 Å². The van der Waals surface area contributed by atoms with E-state index in [2.05, 4.69) is 21.3 Å². The Hall–Kier alpha value is -4.24. The Bertz CT molecular complexity index is 1320. The van der Waals surface area contributed by atoms with Gasteiger partial charge in [0.2, 0.25) is 29.5 Å². The molecule has 0 aromatic heterocycles. The second-order valence-electron chi connectivity index (χ2n) is 13.0. The van der Waals surface area contributed by atoms with Crippen molar-refractivity contribution in [2.75, 3.05) is 0 Å². The number of primary amides is 1. The minimum Gasteiger partial charge on any atom is -0.481 e. The summed E-state index contributed by atoms with van der Waals surface area (Å²) in [5.41, 5.74) is 11.7. The minimum absolute atomic E-state index is 0.0509. The SMILES string of the molecule is CC(C)C[C@H](NC(=O)[C@H](CC(=O)O)NC(=O)[C@H](CC1CCCCC1)NC(=O)[C@@H](N)CCC(N)=O)C(=O)N[C@@H](Cc1ccc(Cl)cc1)C(=O)O. The molecule has 0 aliphatic heterocycles. The third-order valence-corrected chi connectivity index (χ3v) is 8.54. The number of halogens is 1. The van der Waals surface area contributed by atoms with E-state index in [1.54, 1.807) is 38.1 Å². The first-order chi connectivity index (χ1) is 23.0. The van der Waals surface area contributed by atoms with Gasteiger partial charge in [-0.3, -0.25) is 28.8 Å². The molecule has 1 aromatic carbocycles. The van der Waals surface area contributed by atoms with Crippen LogP contribution in [-0.4, -0.2) is 81.9 Å². The highest BCUT2D eigenvalue weighted by atomic mass is 35.5. The lowest BCUT2D eigenvalue weighted by atomic mass is 9.84. The van der Waals surface area contributed by atoms with Crippen molar-refractivity contribution < 1.29 is 43.8 Å². The van der Waals surface area contributed by atoms with Crippen LogP contribution in [0.3, 0.4) is 0 Å². The largest absolute Gasteiger partial charge is 0.481 e. The summed E-state index contributed by atoms with van der Waals surface area (Å²) in [4.78, 5) is 88.3. The number of amides is 5. The van der Waals surface area contributed by atoms with Crippen molar-refractivity contribution in [1.29, 1.82) is 0 Å². The summed E-state index contributed by atoms with van der Waals surface area (Å²) in [6, 6.07) is -0.172. The molecule has 0 saturated heterocycles. The number of carbonyl (C=O) groups excluding carboxylic acids is 5. The van der Waals surface area contributed by atoms with E-state index in [-0.39, 0.29) is 43.9 Å². The number of benzene rings is 1. The first-order valence-corrected chi connectivity index (χ1v) is 16.9. The standard InChI is InChI=1S/C33H49ClN6O9/c1-18(2)14-23(30(45)40-26(33(48)49)16-20-8-10-21(34)11-9-20)38-32(47)25(17-28(42)43)39-31(46)24(15-19-6-4-3-5-7-19)37-29(44)22(35)12-13-27(36)41/h8-11,18-19,22-26H,3-7,12-17,35H2,1-2H3,(H2,36,41)(H,37,44)(H,38,47)(H,39,46)(H,40,45)(H,42,43)(H,48,49)/t22-,23-,24-,25-,26-/m0/s1. The molecule has 1 aliphatic carbocycles. The van der Waals surface area contributed by atoms with Crippen LogP contribution in [0, 0.1) is 11.8 Å². The lowest BCUT2D eigenvalue weighted by Gasteiger charge is -2.29. The topological polar surface area (TPSA) is 260 Å². The maximum Gasteiger partial charge on any atom is 0.326 e. The first kappa shape index (κ1) is 40.9. The molecule has 0 heterocycles. The van der Waals surface area contributed by atoms with Crippen molar-refractivity contribution in [3.05, 3.63) is 34.9 Å². The van der Waals surface area contributed by atoms with Gasteiger partial charge in [-0.2, -0.15) is 0 Å². The Balaban J connectivity index is 2.24. The number of aliphatic carboxylic acids is 2. The van der Waals surface area contributed by atoms with Crippen molar-refractivity contribution in [3.8, 4) is 0 Å². The average Bonchev–Trinajstić information content (AvgIpc) is 3.03. The van der Waals surface area contributed by atoms with E-state index in [0.29, 0.717) is 10.6 Å². The Kier molecular flexibility index (Phi) is 17.0. The van der Waals surface area contributed by atoms with Crippen LogP contribution in [0.15, 0.2) is 24.3 Å². The maximum atomic E-state index is 13.6. The Morgan fingerprint density at radius 2 is 1.33 bits per heavy atom. The smallest absolute Gasteiger partial charge is 0.326 e. The average molecular weight is 709 g/mol. The van der Waals surface area contributed by atoms with E-state index in [4.69, 9.17) is 23.1 Å². The number of carboxylic acids is 2. The van der Waals surface area contributed by atoms with Crippen molar-refractivity contribution in [2.24, 2.45) is 23.3 Å². The fourth-order valence-electron chi connectivity index (χ4n) is 5.66. The van der Waals surface area contributed by atoms with E-state index in [9.17, 15) is 43.8 Å². The van der Waals surface area contributed by atoms with Crippen molar-refractivity contribution in [3.63, 3.8) is 0 Å². The summed E-state index contributed by atoms with van der Waals surface area (Å²) in [5, 5.41) is 29.8. The van der Waals surface area contributed by atoms with Gasteiger partial charge in [0, 0.05) is 17.9 Å². The van der Waals surface area contributed by atoms with E-state index in [0.717, 1.165) is 32.1 Å². The molecule has 5 atom stereocenters. The molecule has 15 nitrogen and oxygen atoms in total. The predicted molar refractivity (Wildman–Crippen MR) is 180 cm³/mol. The van der Waals surface area contributed by atoms with Gasteiger partial charge in [-0.15, -0.1) is 0 Å². The predicted octanol–water partition coefficient (Wildman–Crippen LogP) is 0.990. The molecule has 0 bridgehead atoms. The molecule has 1 saturated carbocycles. The van der Waals surface area contributed by atoms with Gasteiger partial charge in [-0.1, -0.05) is 69.7 Å². The fraction of sp³-hybridized carbons (Fsp3) is 0.606. The highest BCUT2D eigenvalue weighted by molar-refractivity contribution is 6.30. The fourth-order valence-corrected chi connectivity index (χ4v) is 5.78. The van der Waals surface area contributed by atoms with E-state index in [1.165, 1.54) is 0 Å². The Labute approximate surface area is 290 Å². The number of carbonyl (C=O) groups is 7. The third-order valence-electron chi connectivity index (χ3n) is 8.28. The first-order valence-electron chi connectivity index (χ1n) is 16.5. The van der Waals surface area contributed by atoms with Crippen LogP contribution in [-0.2, 0) is 40.0 Å². The molecule has 0 spiro atoms. The van der Waals surface area contributed by atoms with Crippen molar-refractivity contribution >= 4 is 53.1 Å². The van der Waals surface area contributed by atoms with Gasteiger partial charge in [0.05, 0.1) is 12.5 Å². The number of nitrogens with one attached hydrogen (secondary N) is 4.